The number of fused-ring (bicyclic) bond motifs is 1. The summed E-state index contributed by atoms with van der Waals surface area (Å²) in [5, 5.41) is 3.77. The van der Waals surface area contributed by atoms with Crippen LogP contribution < -0.4 is 5.32 Å². The molecule has 1 aliphatic carbocycles. The molecule has 0 aliphatic heterocycles. The second-order valence-electron chi connectivity index (χ2n) is 5.32. The lowest BCUT2D eigenvalue weighted by Gasteiger charge is -2.39. The van der Waals surface area contributed by atoms with Crippen molar-refractivity contribution < 1.29 is 13.4 Å². The first-order valence-electron chi connectivity index (χ1n) is 6.71. The average Bonchev–Trinajstić information content (AvgIpc) is 2.80. The van der Waals surface area contributed by atoms with Crippen molar-refractivity contribution in [1.82, 2.24) is 5.32 Å². The molecule has 1 N–H and O–H groups in total. The summed E-state index contributed by atoms with van der Waals surface area (Å²) in [6.45, 7) is 0.450. The number of hydrogen-bond acceptors (Lipinski definition) is 3. The van der Waals surface area contributed by atoms with Crippen LogP contribution in [-0.4, -0.2) is 27.7 Å². The van der Waals surface area contributed by atoms with Crippen molar-refractivity contribution in [2.75, 3.05) is 12.8 Å². The second-order valence-corrected chi connectivity index (χ2v) is 7.10. The van der Waals surface area contributed by atoms with E-state index in [0.717, 1.165) is 24.6 Å². The highest BCUT2D eigenvalue weighted by Crippen LogP contribution is 2.36. The Bertz CT molecular complexity index is 640. The molecule has 1 aromatic heterocycles. The highest BCUT2D eigenvalue weighted by atomic mass is 32.2. The van der Waals surface area contributed by atoms with E-state index in [4.69, 9.17) is 4.42 Å². The van der Waals surface area contributed by atoms with Crippen molar-refractivity contribution in [1.29, 1.82) is 0 Å². The normalized spacial score (nSPS) is 18.4. The fraction of sp³-hybridized carbons (Fsp3) is 0.400. The number of hydrogen-bond donors (Lipinski definition) is 1. The van der Waals surface area contributed by atoms with Crippen molar-refractivity contribution in [3.05, 3.63) is 36.1 Å². The van der Waals surface area contributed by atoms with E-state index < -0.39 is 10.8 Å². The largest absolute Gasteiger partial charge is 0.451 e. The van der Waals surface area contributed by atoms with Gasteiger partial charge >= 0.3 is 0 Å². The Morgan fingerprint density at radius 1 is 1.40 bits per heavy atom. The Balaban J connectivity index is 1.71. The van der Waals surface area contributed by atoms with Crippen LogP contribution in [0.3, 0.4) is 0 Å². The molecule has 0 radical (unpaired) electrons. The van der Waals surface area contributed by atoms with Crippen LogP contribution in [0.5, 0.6) is 0 Å². The maximum Gasteiger partial charge on any atom is 0.287 e. The molecular weight excluding hydrogens is 274 g/mol. The summed E-state index contributed by atoms with van der Waals surface area (Å²) in [4.78, 5) is 12.1. The van der Waals surface area contributed by atoms with Gasteiger partial charge in [0.15, 0.2) is 5.76 Å². The van der Waals surface area contributed by atoms with Gasteiger partial charge in [0.25, 0.3) is 5.91 Å². The molecule has 1 saturated carbocycles. The molecular formula is C15H17NO3S. The molecule has 0 bridgehead atoms. The lowest BCUT2D eigenvalue weighted by atomic mass is 9.84. The molecule has 0 unspecified atom stereocenters. The van der Waals surface area contributed by atoms with Gasteiger partial charge in [-0.1, -0.05) is 24.6 Å². The summed E-state index contributed by atoms with van der Waals surface area (Å²) in [6.07, 6.45) is 4.62. The number of carbonyl (C=O) groups is 1. The molecule has 1 aromatic carbocycles. The van der Waals surface area contributed by atoms with Crippen LogP contribution >= 0.6 is 0 Å². The molecule has 0 spiro atoms. The Kier molecular flexibility index (Phi) is 3.38. The fourth-order valence-corrected chi connectivity index (χ4v) is 3.70. The van der Waals surface area contributed by atoms with Gasteiger partial charge in [0.1, 0.15) is 5.58 Å². The number of amides is 1. The molecule has 20 heavy (non-hydrogen) atoms. The minimum Gasteiger partial charge on any atom is -0.451 e. The Labute approximate surface area is 120 Å². The van der Waals surface area contributed by atoms with E-state index >= 15 is 0 Å². The van der Waals surface area contributed by atoms with Crippen LogP contribution in [0.25, 0.3) is 11.0 Å². The first-order chi connectivity index (χ1) is 9.61. The van der Waals surface area contributed by atoms with Crippen molar-refractivity contribution in [3.63, 3.8) is 0 Å². The van der Waals surface area contributed by atoms with Crippen molar-refractivity contribution in [2.24, 2.45) is 0 Å². The Morgan fingerprint density at radius 2 is 2.15 bits per heavy atom. The minimum atomic E-state index is -0.915. The summed E-state index contributed by atoms with van der Waals surface area (Å²) >= 11 is 0. The number of rotatable bonds is 4. The van der Waals surface area contributed by atoms with Crippen LogP contribution in [0.2, 0.25) is 0 Å². The quantitative estimate of drug-likeness (QED) is 0.941. The van der Waals surface area contributed by atoms with Gasteiger partial charge < -0.3 is 9.73 Å². The third-order valence-corrected chi connectivity index (χ3v) is 5.87. The molecule has 1 amide bonds. The van der Waals surface area contributed by atoms with Crippen LogP contribution in [0.4, 0.5) is 0 Å². The molecule has 106 valence electrons. The van der Waals surface area contributed by atoms with E-state index in [0.29, 0.717) is 17.9 Å². The molecule has 1 atom stereocenters. The van der Waals surface area contributed by atoms with Gasteiger partial charge in [0.2, 0.25) is 0 Å². The van der Waals surface area contributed by atoms with Gasteiger partial charge in [-0.15, -0.1) is 0 Å². The minimum absolute atomic E-state index is 0.234. The molecule has 5 heteroatoms. The molecule has 1 aliphatic rings. The summed E-state index contributed by atoms with van der Waals surface area (Å²) in [7, 11) is -0.915. The number of carbonyl (C=O) groups excluding carboxylic acids is 1. The smallest absolute Gasteiger partial charge is 0.287 e. The Hall–Kier alpha value is -1.62. The fourth-order valence-electron chi connectivity index (χ4n) is 2.56. The van der Waals surface area contributed by atoms with Gasteiger partial charge in [0.05, 0.1) is 4.75 Å². The number of nitrogens with one attached hydrogen (secondary N) is 1. The van der Waals surface area contributed by atoms with Gasteiger partial charge in [-0.3, -0.25) is 9.00 Å². The number of furan rings is 1. The maximum absolute atomic E-state index is 12.1. The molecule has 0 saturated heterocycles. The first-order valence-corrected chi connectivity index (χ1v) is 8.27. The van der Waals surface area contributed by atoms with Gasteiger partial charge in [0, 0.05) is 29.0 Å². The molecule has 3 rings (SSSR count). The van der Waals surface area contributed by atoms with Gasteiger partial charge in [-0.25, -0.2) is 0 Å². The monoisotopic (exact) mass is 291 g/mol. The number of benzene rings is 1. The molecule has 1 heterocycles. The SMILES string of the molecule is C[S@@](=O)C1(CNC(=O)c2cc3ccccc3o2)CCC1. The van der Waals surface area contributed by atoms with Crippen LogP contribution in [0, 0.1) is 0 Å². The van der Waals surface area contributed by atoms with E-state index in [1.165, 1.54) is 0 Å². The van der Waals surface area contributed by atoms with E-state index in [9.17, 15) is 9.00 Å². The van der Waals surface area contributed by atoms with Crippen LogP contribution in [0.1, 0.15) is 29.8 Å². The van der Waals surface area contributed by atoms with Crippen molar-refractivity contribution in [2.45, 2.75) is 24.0 Å². The molecule has 1 fully saturated rings. The van der Waals surface area contributed by atoms with Crippen LogP contribution in [-0.2, 0) is 10.8 Å². The number of para-hydroxylation sites is 1. The molecule has 2 aromatic rings. The van der Waals surface area contributed by atoms with Gasteiger partial charge in [-0.2, -0.15) is 0 Å². The Morgan fingerprint density at radius 3 is 2.75 bits per heavy atom. The predicted octanol–water partition coefficient (Wildman–Crippen LogP) is 2.46. The lowest BCUT2D eigenvalue weighted by molar-refractivity contribution is 0.0918. The third-order valence-electron chi connectivity index (χ3n) is 4.10. The zero-order valence-electron chi connectivity index (χ0n) is 11.3. The topological polar surface area (TPSA) is 59.3 Å². The zero-order chi connectivity index (χ0) is 14.2. The third kappa shape index (κ3) is 2.26. The highest BCUT2D eigenvalue weighted by Gasteiger charge is 2.41. The molecule has 4 nitrogen and oxygen atoms in total. The lowest BCUT2D eigenvalue weighted by Crippen LogP contribution is -2.50. The van der Waals surface area contributed by atoms with Crippen molar-refractivity contribution in [3.8, 4) is 0 Å². The summed E-state index contributed by atoms with van der Waals surface area (Å²) in [6, 6.07) is 9.26. The second kappa shape index (κ2) is 5.05. The summed E-state index contributed by atoms with van der Waals surface area (Å²) < 4.78 is 17.1. The maximum atomic E-state index is 12.1. The van der Waals surface area contributed by atoms with E-state index in [1.54, 1.807) is 12.3 Å². The summed E-state index contributed by atoms with van der Waals surface area (Å²) in [5.74, 6) is 0.0699. The predicted molar refractivity (Wildman–Crippen MR) is 79.2 cm³/mol. The first kappa shape index (κ1) is 13.4. The van der Waals surface area contributed by atoms with Crippen LogP contribution in [0.15, 0.2) is 34.7 Å². The van der Waals surface area contributed by atoms with E-state index in [-0.39, 0.29) is 10.7 Å². The average molecular weight is 291 g/mol. The zero-order valence-corrected chi connectivity index (χ0v) is 12.2. The summed E-state index contributed by atoms with van der Waals surface area (Å²) in [5.41, 5.74) is 0.704. The van der Waals surface area contributed by atoms with Gasteiger partial charge in [-0.05, 0) is 25.0 Å². The standard InChI is InChI=1S/C15H17NO3S/c1-20(18)15(7-4-8-15)10-16-14(17)13-9-11-5-2-3-6-12(11)19-13/h2-3,5-6,9H,4,7-8,10H2,1H3,(H,16,17)/t20-/m1/s1. The van der Waals surface area contributed by atoms with E-state index in [1.807, 2.05) is 24.3 Å². The highest BCUT2D eigenvalue weighted by molar-refractivity contribution is 7.85. The van der Waals surface area contributed by atoms with E-state index in [2.05, 4.69) is 5.32 Å². The van der Waals surface area contributed by atoms with Crippen molar-refractivity contribution >= 4 is 27.7 Å².